The predicted molar refractivity (Wildman–Crippen MR) is 89.2 cm³/mol. The smallest absolute Gasteiger partial charge is 0.191 e. The van der Waals surface area contributed by atoms with Gasteiger partial charge in [-0.3, -0.25) is 4.90 Å². The number of likely N-dealkylation sites (tertiary alicyclic amines) is 1. The van der Waals surface area contributed by atoms with Gasteiger partial charge in [-0.05, 0) is 31.9 Å². The molecule has 0 aromatic carbocycles. The van der Waals surface area contributed by atoms with Gasteiger partial charge in [-0.2, -0.15) is 0 Å². The van der Waals surface area contributed by atoms with Gasteiger partial charge in [-0.1, -0.05) is 18.7 Å². The quantitative estimate of drug-likeness (QED) is 0.597. The van der Waals surface area contributed by atoms with E-state index in [9.17, 15) is 0 Å². The van der Waals surface area contributed by atoms with Gasteiger partial charge < -0.3 is 10.6 Å². The number of hydrogen-bond acceptors (Lipinski definition) is 6. The van der Waals surface area contributed by atoms with Crippen LogP contribution in [0.2, 0.25) is 0 Å². The lowest BCUT2D eigenvalue weighted by molar-refractivity contribution is 0.326. The van der Waals surface area contributed by atoms with E-state index in [0.717, 1.165) is 42.3 Å². The van der Waals surface area contributed by atoms with Gasteiger partial charge in [0.15, 0.2) is 5.16 Å². The van der Waals surface area contributed by atoms with Crippen molar-refractivity contribution in [2.24, 2.45) is 0 Å². The molecule has 5 nitrogen and oxygen atoms in total. The van der Waals surface area contributed by atoms with Crippen LogP contribution in [-0.2, 0) is 0 Å². The van der Waals surface area contributed by atoms with Crippen molar-refractivity contribution in [1.82, 2.24) is 14.9 Å². The fraction of sp³-hybridized carbons (Fsp3) is 0.733. The maximum absolute atomic E-state index is 4.59. The molecule has 2 N–H and O–H groups in total. The second kappa shape index (κ2) is 6.83. The van der Waals surface area contributed by atoms with Gasteiger partial charge in [0.2, 0.25) is 0 Å². The molecule has 3 rings (SSSR count). The molecule has 1 unspecified atom stereocenters. The Balaban J connectivity index is 1.63. The zero-order valence-corrected chi connectivity index (χ0v) is 13.7. The second-order valence-electron chi connectivity index (χ2n) is 5.91. The number of hydrogen-bond donors (Lipinski definition) is 2. The molecule has 2 heterocycles. The lowest BCUT2D eigenvalue weighted by Crippen LogP contribution is -2.28. The number of anilines is 2. The standard InChI is InChI=1S/C15H25N5S/c1-3-7-16-13-9-14(19-15(18-13)21-2)17-11-6-8-20(10-11)12-4-5-12/h9,11-12H,3-8,10H2,1-2H3,(H2,16,17,18,19). The number of aromatic nitrogens is 2. The monoisotopic (exact) mass is 307 g/mol. The van der Waals surface area contributed by atoms with Crippen LogP contribution in [0.4, 0.5) is 11.6 Å². The van der Waals surface area contributed by atoms with E-state index < -0.39 is 0 Å². The average Bonchev–Trinajstić information content (AvgIpc) is 3.25. The molecule has 0 amide bonds. The van der Waals surface area contributed by atoms with Crippen LogP contribution < -0.4 is 10.6 Å². The highest BCUT2D eigenvalue weighted by atomic mass is 32.2. The van der Waals surface area contributed by atoms with Crippen LogP contribution in [0.5, 0.6) is 0 Å². The Morgan fingerprint density at radius 2 is 2.10 bits per heavy atom. The molecule has 1 aliphatic heterocycles. The highest BCUT2D eigenvalue weighted by Crippen LogP contribution is 2.30. The summed E-state index contributed by atoms with van der Waals surface area (Å²) in [6.07, 6.45) is 7.12. The van der Waals surface area contributed by atoms with E-state index in [1.807, 2.05) is 12.3 Å². The molecular formula is C15H25N5S. The lowest BCUT2D eigenvalue weighted by Gasteiger charge is -2.17. The van der Waals surface area contributed by atoms with E-state index in [-0.39, 0.29) is 0 Å². The van der Waals surface area contributed by atoms with Crippen molar-refractivity contribution in [1.29, 1.82) is 0 Å². The summed E-state index contributed by atoms with van der Waals surface area (Å²) >= 11 is 1.59. The molecule has 0 radical (unpaired) electrons. The maximum atomic E-state index is 4.59. The zero-order chi connectivity index (χ0) is 14.7. The molecule has 2 aliphatic rings. The summed E-state index contributed by atoms with van der Waals surface area (Å²) in [5.74, 6) is 1.88. The Kier molecular flexibility index (Phi) is 4.85. The first-order valence-corrected chi connectivity index (χ1v) is 9.18. The number of thioether (sulfide) groups is 1. The molecule has 1 saturated heterocycles. The van der Waals surface area contributed by atoms with Gasteiger partial charge in [0.05, 0.1) is 0 Å². The van der Waals surface area contributed by atoms with Gasteiger partial charge in [-0.25, -0.2) is 9.97 Å². The SMILES string of the molecule is CCCNc1cc(NC2CCN(C3CC3)C2)nc(SC)n1. The average molecular weight is 307 g/mol. The largest absolute Gasteiger partial charge is 0.370 e. The molecule has 0 spiro atoms. The van der Waals surface area contributed by atoms with Crippen molar-refractivity contribution in [3.8, 4) is 0 Å². The number of rotatable bonds is 7. The molecule has 1 saturated carbocycles. The van der Waals surface area contributed by atoms with Crippen LogP contribution in [0.3, 0.4) is 0 Å². The van der Waals surface area contributed by atoms with E-state index in [1.54, 1.807) is 11.8 Å². The molecule has 21 heavy (non-hydrogen) atoms. The lowest BCUT2D eigenvalue weighted by atomic mass is 10.2. The summed E-state index contributed by atoms with van der Waals surface area (Å²) < 4.78 is 0. The summed E-state index contributed by atoms with van der Waals surface area (Å²) in [7, 11) is 0. The van der Waals surface area contributed by atoms with Crippen LogP contribution in [-0.4, -0.2) is 52.8 Å². The number of nitrogens with one attached hydrogen (secondary N) is 2. The molecule has 1 aromatic rings. The third-order valence-corrected chi connectivity index (χ3v) is 4.63. The van der Waals surface area contributed by atoms with Crippen molar-refractivity contribution < 1.29 is 0 Å². The van der Waals surface area contributed by atoms with Crippen LogP contribution in [0.15, 0.2) is 11.2 Å². The Labute approximate surface area is 131 Å². The highest BCUT2D eigenvalue weighted by Gasteiger charge is 2.34. The van der Waals surface area contributed by atoms with Gasteiger partial charge in [0, 0.05) is 37.8 Å². The molecule has 0 bridgehead atoms. The molecular weight excluding hydrogens is 282 g/mol. The van der Waals surface area contributed by atoms with E-state index in [1.165, 1.54) is 25.8 Å². The summed E-state index contributed by atoms with van der Waals surface area (Å²) in [6, 6.07) is 3.43. The molecule has 6 heteroatoms. The third kappa shape index (κ3) is 4.01. The Hall–Kier alpha value is -1.01. The topological polar surface area (TPSA) is 53.1 Å². The summed E-state index contributed by atoms with van der Waals surface area (Å²) in [5, 5.41) is 7.78. The Morgan fingerprint density at radius 1 is 1.29 bits per heavy atom. The fourth-order valence-electron chi connectivity index (χ4n) is 2.82. The van der Waals surface area contributed by atoms with Crippen molar-refractivity contribution in [2.45, 2.75) is 49.8 Å². The summed E-state index contributed by atoms with van der Waals surface area (Å²) in [5.41, 5.74) is 0. The van der Waals surface area contributed by atoms with Crippen LogP contribution in [0.1, 0.15) is 32.6 Å². The second-order valence-corrected chi connectivity index (χ2v) is 6.68. The first-order valence-electron chi connectivity index (χ1n) is 7.96. The zero-order valence-electron chi connectivity index (χ0n) is 12.9. The molecule has 116 valence electrons. The summed E-state index contributed by atoms with van der Waals surface area (Å²) in [4.78, 5) is 11.7. The molecule has 1 aliphatic carbocycles. The molecule has 1 atom stereocenters. The van der Waals surface area contributed by atoms with Crippen molar-refractivity contribution in [3.05, 3.63) is 6.07 Å². The number of nitrogens with zero attached hydrogens (tertiary/aromatic N) is 3. The van der Waals surface area contributed by atoms with Gasteiger partial charge in [-0.15, -0.1) is 0 Å². The first-order chi connectivity index (χ1) is 10.3. The van der Waals surface area contributed by atoms with E-state index in [4.69, 9.17) is 0 Å². The summed E-state index contributed by atoms with van der Waals surface area (Å²) in [6.45, 7) is 5.49. The van der Waals surface area contributed by atoms with Gasteiger partial charge in [0.25, 0.3) is 0 Å². The van der Waals surface area contributed by atoms with E-state index >= 15 is 0 Å². The van der Waals surface area contributed by atoms with Crippen molar-refractivity contribution >= 4 is 23.4 Å². The Bertz CT molecular complexity index is 477. The van der Waals surface area contributed by atoms with Crippen LogP contribution in [0.25, 0.3) is 0 Å². The van der Waals surface area contributed by atoms with Crippen LogP contribution in [0, 0.1) is 0 Å². The van der Waals surface area contributed by atoms with Gasteiger partial charge in [0.1, 0.15) is 11.6 Å². The van der Waals surface area contributed by atoms with E-state index in [2.05, 4.69) is 32.4 Å². The minimum Gasteiger partial charge on any atom is -0.370 e. The molecule has 1 aromatic heterocycles. The Morgan fingerprint density at radius 3 is 2.81 bits per heavy atom. The van der Waals surface area contributed by atoms with Crippen LogP contribution >= 0.6 is 11.8 Å². The highest BCUT2D eigenvalue weighted by molar-refractivity contribution is 7.98. The fourth-order valence-corrected chi connectivity index (χ4v) is 3.20. The van der Waals surface area contributed by atoms with Gasteiger partial charge >= 0.3 is 0 Å². The minimum atomic E-state index is 0.522. The van der Waals surface area contributed by atoms with Crippen molar-refractivity contribution in [2.75, 3.05) is 36.5 Å². The molecule has 2 fully saturated rings. The normalized spacial score (nSPS) is 22.5. The first kappa shape index (κ1) is 14.9. The third-order valence-electron chi connectivity index (χ3n) is 4.08. The van der Waals surface area contributed by atoms with Crippen molar-refractivity contribution in [3.63, 3.8) is 0 Å². The minimum absolute atomic E-state index is 0.522. The predicted octanol–water partition coefficient (Wildman–Crippen LogP) is 2.67. The van der Waals surface area contributed by atoms with E-state index in [0.29, 0.717) is 6.04 Å². The maximum Gasteiger partial charge on any atom is 0.191 e.